The van der Waals surface area contributed by atoms with Gasteiger partial charge in [0.05, 0.1) is 33.8 Å². The summed E-state index contributed by atoms with van der Waals surface area (Å²) >= 11 is 0. The molecule has 524 valence electrons. The number of unbranched alkanes of at least 4 members (excludes halogenated alkanes) is 50. The van der Waals surface area contributed by atoms with E-state index in [9.17, 15) is 19.0 Å². The van der Waals surface area contributed by atoms with Gasteiger partial charge in [-0.2, -0.15) is 0 Å². The number of likely N-dealkylation sites (N-methyl/N-ethyl adjacent to an activating group) is 1. The number of nitrogens with zero attached hydrogens (tertiary/aromatic N) is 1. The van der Waals surface area contributed by atoms with Crippen LogP contribution in [0.1, 0.15) is 393 Å². The van der Waals surface area contributed by atoms with Crippen LogP contribution in [0.25, 0.3) is 0 Å². The van der Waals surface area contributed by atoms with E-state index in [1.165, 1.54) is 295 Å². The van der Waals surface area contributed by atoms with Gasteiger partial charge in [-0.25, -0.2) is 4.57 Å². The van der Waals surface area contributed by atoms with Gasteiger partial charge in [0.1, 0.15) is 19.3 Å². The zero-order chi connectivity index (χ0) is 64.9. The molecular formula is C79H152N2O7P+. The number of hydrogen-bond donors (Lipinski definition) is 2. The molecule has 3 unspecified atom stereocenters. The molecule has 0 fully saturated rings. The molecule has 10 heteroatoms. The second kappa shape index (κ2) is 68.8. The Kier molecular flexibility index (Phi) is 67.2. The van der Waals surface area contributed by atoms with Crippen molar-refractivity contribution in [2.45, 2.75) is 405 Å². The summed E-state index contributed by atoms with van der Waals surface area (Å²) in [6.45, 7) is 7.05. The van der Waals surface area contributed by atoms with E-state index in [-0.39, 0.29) is 25.1 Å². The Morgan fingerprint density at radius 2 is 0.685 bits per heavy atom. The number of nitrogens with one attached hydrogen (secondary N) is 1. The van der Waals surface area contributed by atoms with Gasteiger partial charge in [0.25, 0.3) is 0 Å². The second-order valence-electron chi connectivity index (χ2n) is 27.9. The third-order valence-corrected chi connectivity index (χ3v) is 18.7. The molecule has 0 aromatic heterocycles. The number of amides is 1. The van der Waals surface area contributed by atoms with Gasteiger partial charge < -0.3 is 19.4 Å². The first-order chi connectivity index (χ1) is 43.4. The molecule has 0 saturated carbocycles. The molecule has 0 aliphatic carbocycles. The van der Waals surface area contributed by atoms with E-state index in [0.29, 0.717) is 23.9 Å². The van der Waals surface area contributed by atoms with E-state index >= 15 is 0 Å². The Labute approximate surface area is 554 Å². The number of rotatable bonds is 72. The zero-order valence-corrected chi connectivity index (χ0v) is 61.1. The highest BCUT2D eigenvalue weighted by molar-refractivity contribution is 7.47. The van der Waals surface area contributed by atoms with Crippen LogP contribution in [0.5, 0.6) is 0 Å². The number of quaternary nitrogens is 1. The Balaban J connectivity index is 4.96. The summed E-state index contributed by atoms with van der Waals surface area (Å²) in [5.74, 6) is -0.483. The predicted molar refractivity (Wildman–Crippen MR) is 388 cm³/mol. The summed E-state index contributed by atoms with van der Waals surface area (Å²) in [6, 6.07) is -0.847. The lowest BCUT2D eigenvalue weighted by Gasteiger charge is -2.27. The summed E-state index contributed by atoms with van der Waals surface area (Å²) in [4.78, 5) is 38.0. The van der Waals surface area contributed by atoms with E-state index < -0.39 is 20.0 Å². The van der Waals surface area contributed by atoms with Gasteiger partial charge in [0.15, 0.2) is 0 Å². The number of allylic oxidation sites excluding steroid dienone is 7. The summed E-state index contributed by atoms with van der Waals surface area (Å²) < 4.78 is 30.9. The van der Waals surface area contributed by atoms with Crippen LogP contribution in [0, 0.1) is 0 Å². The molecule has 9 nitrogen and oxygen atoms in total. The van der Waals surface area contributed by atoms with Crippen molar-refractivity contribution in [2.24, 2.45) is 0 Å². The van der Waals surface area contributed by atoms with E-state index in [0.717, 1.165) is 64.2 Å². The van der Waals surface area contributed by atoms with Gasteiger partial charge in [-0.3, -0.25) is 18.6 Å². The van der Waals surface area contributed by atoms with Crippen molar-refractivity contribution in [1.82, 2.24) is 5.32 Å². The van der Waals surface area contributed by atoms with Crippen LogP contribution in [0.15, 0.2) is 48.6 Å². The standard InChI is InChI=1S/C79H151N2O7P/c1-7-10-13-16-19-22-25-28-30-32-34-36-38-39-40-41-43-44-46-48-50-53-56-59-62-65-68-71-78(82)80-76(75-87-89(84,85)86-74-73-81(4,5)6)77(70-67-64-61-58-55-52-27-24-21-18-15-12-9-3)88-79(83)72-69-66-63-60-57-54-51-49-47-45-42-37-35-33-31-29-26-23-20-17-14-11-8-2/h19,22,28-31,67,70,76-77H,7-18,20-21,23-27,32-66,68-69,71-75H2,1-6H3,(H-,80,82,84,85)/p+1/b22-19-,30-28-,31-29+,70-67-. The molecule has 0 aliphatic rings. The maximum absolute atomic E-state index is 13.7. The monoisotopic (exact) mass is 1270 g/mol. The number of phosphoric ester groups is 1. The van der Waals surface area contributed by atoms with Crippen LogP contribution in [0.2, 0.25) is 0 Å². The number of esters is 1. The average molecular weight is 1270 g/mol. The first kappa shape index (κ1) is 87.0. The fourth-order valence-corrected chi connectivity index (χ4v) is 12.5. The third kappa shape index (κ3) is 70.1. The predicted octanol–water partition coefficient (Wildman–Crippen LogP) is 25.1. The van der Waals surface area contributed by atoms with Gasteiger partial charge in [-0.15, -0.1) is 0 Å². The average Bonchev–Trinajstić information content (AvgIpc) is 3.65. The zero-order valence-electron chi connectivity index (χ0n) is 60.2. The number of carbonyl (C=O) groups excluding carboxylic acids is 2. The number of carbonyl (C=O) groups is 2. The van der Waals surface area contributed by atoms with Crippen molar-refractivity contribution < 1.29 is 37.3 Å². The number of phosphoric acid groups is 1. The van der Waals surface area contributed by atoms with Gasteiger partial charge in [0, 0.05) is 12.8 Å². The van der Waals surface area contributed by atoms with Crippen LogP contribution in [0.4, 0.5) is 0 Å². The Hall–Kier alpha value is -2.03. The first-order valence-electron chi connectivity index (χ1n) is 39.0. The molecule has 89 heavy (non-hydrogen) atoms. The maximum atomic E-state index is 13.7. The lowest BCUT2D eigenvalue weighted by Crippen LogP contribution is -2.47. The van der Waals surface area contributed by atoms with Gasteiger partial charge >= 0.3 is 13.8 Å². The SMILES string of the molecule is CCCCC/C=C\C/C=C\CCCCCCCCCCCCCCCCCCCC(=O)NC(COP(=O)(O)OCC[N+](C)(C)C)C(/C=C\CCCCCCCCCCCCC)OC(=O)CCCCCCCCCCCCCCC/C=C/CCCCCCCC. The molecule has 3 atom stereocenters. The van der Waals surface area contributed by atoms with Crippen molar-refractivity contribution in [3.05, 3.63) is 48.6 Å². The van der Waals surface area contributed by atoms with E-state index in [1.807, 2.05) is 27.2 Å². The third-order valence-electron chi connectivity index (χ3n) is 17.7. The minimum Gasteiger partial charge on any atom is -0.456 e. The normalized spacial score (nSPS) is 13.7. The van der Waals surface area contributed by atoms with Crippen LogP contribution >= 0.6 is 7.82 Å². The second-order valence-corrected chi connectivity index (χ2v) is 29.3. The minimum atomic E-state index is -4.46. The molecule has 0 aromatic carbocycles. The van der Waals surface area contributed by atoms with Crippen molar-refractivity contribution in [2.75, 3.05) is 40.9 Å². The molecule has 0 heterocycles. The van der Waals surface area contributed by atoms with Crippen molar-refractivity contribution in [1.29, 1.82) is 0 Å². The van der Waals surface area contributed by atoms with Gasteiger partial charge in [-0.05, 0) is 89.5 Å². The van der Waals surface area contributed by atoms with Gasteiger partial charge in [0.2, 0.25) is 5.91 Å². The molecule has 0 aliphatic heterocycles. The van der Waals surface area contributed by atoms with E-state index in [1.54, 1.807) is 0 Å². The Bertz CT molecular complexity index is 1660. The number of ether oxygens (including phenoxy) is 1. The highest BCUT2D eigenvalue weighted by atomic mass is 31.2. The fraction of sp³-hybridized carbons (Fsp3) is 0.873. The summed E-state index contributed by atoms with van der Waals surface area (Å²) in [6.07, 6.45) is 88.5. The van der Waals surface area contributed by atoms with Crippen LogP contribution in [-0.2, 0) is 27.9 Å². The van der Waals surface area contributed by atoms with Crippen molar-refractivity contribution in [3.63, 3.8) is 0 Å². The molecule has 0 radical (unpaired) electrons. The minimum absolute atomic E-state index is 0.0426. The largest absolute Gasteiger partial charge is 0.472 e. The molecular weight excluding hydrogens is 1120 g/mol. The van der Waals surface area contributed by atoms with Crippen LogP contribution < -0.4 is 5.32 Å². The Morgan fingerprint density at radius 3 is 1.04 bits per heavy atom. The molecule has 0 bridgehead atoms. The Morgan fingerprint density at radius 1 is 0.393 bits per heavy atom. The summed E-state index contributed by atoms with van der Waals surface area (Å²) in [5.41, 5.74) is 0. The van der Waals surface area contributed by atoms with Crippen LogP contribution in [0.3, 0.4) is 0 Å². The smallest absolute Gasteiger partial charge is 0.456 e. The molecule has 0 saturated heterocycles. The summed E-state index contributed by atoms with van der Waals surface area (Å²) in [7, 11) is 1.51. The maximum Gasteiger partial charge on any atom is 0.472 e. The molecule has 1 amide bonds. The van der Waals surface area contributed by atoms with Crippen molar-refractivity contribution in [3.8, 4) is 0 Å². The highest BCUT2D eigenvalue weighted by Gasteiger charge is 2.30. The quantitative estimate of drug-likeness (QED) is 0.0205. The van der Waals surface area contributed by atoms with Crippen LogP contribution in [-0.4, -0.2) is 74.3 Å². The van der Waals surface area contributed by atoms with Gasteiger partial charge in [-0.1, -0.05) is 339 Å². The highest BCUT2D eigenvalue weighted by Crippen LogP contribution is 2.43. The molecule has 2 N–H and O–H groups in total. The molecule has 0 spiro atoms. The lowest BCUT2D eigenvalue weighted by molar-refractivity contribution is -0.870. The van der Waals surface area contributed by atoms with E-state index in [4.69, 9.17) is 13.8 Å². The lowest BCUT2D eigenvalue weighted by atomic mass is 10.0. The number of hydrogen-bond acceptors (Lipinski definition) is 6. The molecule has 0 aromatic rings. The summed E-state index contributed by atoms with van der Waals surface area (Å²) in [5, 5.41) is 3.09. The van der Waals surface area contributed by atoms with E-state index in [2.05, 4.69) is 68.6 Å². The topological polar surface area (TPSA) is 111 Å². The first-order valence-corrected chi connectivity index (χ1v) is 40.5. The fourth-order valence-electron chi connectivity index (χ4n) is 11.7. The molecule has 0 rings (SSSR count). The van der Waals surface area contributed by atoms with Crippen molar-refractivity contribution >= 4 is 19.7 Å².